The van der Waals surface area contributed by atoms with Crippen molar-refractivity contribution in [2.75, 3.05) is 54.0 Å². The van der Waals surface area contributed by atoms with Crippen molar-refractivity contribution in [1.29, 1.82) is 0 Å². The Morgan fingerprint density at radius 1 is 0.815 bits per heavy atom. The van der Waals surface area contributed by atoms with Crippen molar-refractivity contribution in [3.63, 3.8) is 0 Å². The number of nitro groups is 1. The van der Waals surface area contributed by atoms with Crippen LogP contribution >= 0.6 is 0 Å². The average Bonchev–Trinajstić information content (AvgIpc) is 3.19. The van der Waals surface area contributed by atoms with E-state index in [2.05, 4.69) is 20.4 Å². The van der Waals surface area contributed by atoms with Crippen LogP contribution in [0.4, 0.5) is 28.4 Å². The number of nitrogens with zero attached hydrogens (tertiary/aromatic N) is 3. The smallest absolute Gasteiger partial charge is 0.269 e. The van der Waals surface area contributed by atoms with Crippen LogP contribution in [-0.2, 0) is 25.7 Å². The number of hydrogen-bond acceptors (Lipinski definition) is 10. The first-order valence-corrected chi connectivity index (χ1v) is 18.5. The minimum atomic E-state index is -0.665. The van der Waals surface area contributed by atoms with Crippen LogP contribution in [-0.4, -0.2) is 65.6 Å². The molecule has 0 aromatic heterocycles. The van der Waals surface area contributed by atoms with E-state index in [0.29, 0.717) is 55.7 Å². The predicted octanol–water partition coefficient (Wildman–Crippen LogP) is 6.56. The van der Waals surface area contributed by atoms with Crippen molar-refractivity contribution < 1.29 is 29.1 Å². The minimum Gasteiger partial charge on any atom is -0.397 e. The largest absolute Gasteiger partial charge is 0.397 e. The number of amides is 2. The number of aliphatic hydroxyl groups is 1. The molecule has 0 bridgehead atoms. The van der Waals surface area contributed by atoms with Gasteiger partial charge >= 0.3 is 0 Å². The zero-order valence-electron chi connectivity index (χ0n) is 30.3. The summed E-state index contributed by atoms with van der Waals surface area (Å²) in [6, 6.07) is 29.2. The number of non-ortho nitro benzene ring substituents is 1. The number of nitrogens with one attached hydrogen (secondary N) is 2. The zero-order valence-corrected chi connectivity index (χ0v) is 30.3. The van der Waals surface area contributed by atoms with Gasteiger partial charge in [-0.2, -0.15) is 0 Å². The van der Waals surface area contributed by atoms with Crippen LogP contribution in [0.2, 0.25) is 0 Å². The van der Waals surface area contributed by atoms with Crippen LogP contribution in [0.1, 0.15) is 67.6 Å². The van der Waals surface area contributed by atoms with E-state index < -0.39 is 6.29 Å². The number of piperazine rings is 1. The number of hydrogen-bond donors (Lipinski definition) is 4. The Morgan fingerprint density at radius 2 is 1.52 bits per heavy atom. The molecule has 5 N–H and O–H groups in total. The van der Waals surface area contributed by atoms with Gasteiger partial charge in [-0.1, -0.05) is 55.0 Å². The normalized spacial score (nSPS) is 18.9. The number of aliphatic hydroxyl groups excluding tert-OH is 1. The van der Waals surface area contributed by atoms with Gasteiger partial charge in [0, 0.05) is 81.1 Å². The second kappa shape index (κ2) is 18.6. The maximum absolute atomic E-state index is 12.9. The van der Waals surface area contributed by atoms with Gasteiger partial charge in [0.05, 0.1) is 35.1 Å². The van der Waals surface area contributed by atoms with Crippen molar-refractivity contribution in [2.24, 2.45) is 0 Å². The number of benzene rings is 4. The Morgan fingerprint density at radius 3 is 2.20 bits per heavy atom. The number of para-hydroxylation sites is 2. The Hall–Kier alpha value is -5.34. The third kappa shape index (κ3) is 10.6. The fourth-order valence-electron chi connectivity index (χ4n) is 6.85. The van der Waals surface area contributed by atoms with E-state index >= 15 is 0 Å². The molecular formula is C41H48N6O7. The van der Waals surface area contributed by atoms with Crippen molar-refractivity contribution in [1.82, 2.24) is 4.90 Å². The Bertz CT molecular complexity index is 1860. The molecule has 3 atom stereocenters. The predicted molar refractivity (Wildman–Crippen MR) is 208 cm³/mol. The van der Waals surface area contributed by atoms with Crippen molar-refractivity contribution >= 4 is 40.3 Å². The van der Waals surface area contributed by atoms with Crippen molar-refractivity contribution in [3.8, 4) is 0 Å². The molecular weight excluding hydrogens is 688 g/mol. The molecule has 2 saturated heterocycles. The van der Waals surface area contributed by atoms with E-state index in [1.54, 1.807) is 36.4 Å². The highest BCUT2D eigenvalue weighted by molar-refractivity contribution is 5.93. The topological polar surface area (TPSA) is 173 Å². The fraction of sp³-hybridized carbons (Fsp3) is 0.366. The maximum Gasteiger partial charge on any atom is 0.269 e. The molecule has 13 heteroatoms. The molecule has 0 saturated carbocycles. The van der Waals surface area contributed by atoms with Gasteiger partial charge in [0.25, 0.3) is 5.69 Å². The highest BCUT2D eigenvalue weighted by Crippen LogP contribution is 2.39. The van der Waals surface area contributed by atoms with Gasteiger partial charge in [-0.3, -0.25) is 24.6 Å². The van der Waals surface area contributed by atoms with Crippen LogP contribution in [0.3, 0.4) is 0 Å². The van der Waals surface area contributed by atoms with Gasteiger partial charge in [-0.05, 0) is 60.4 Å². The molecule has 2 amide bonds. The summed E-state index contributed by atoms with van der Waals surface area (Å²) in [5.41, 5.74) is 11.4. The second-order valence-corrected chi connectivity index (χ2v) is 13.8. The SMILES string of the molecule is Nc1ccccc1NC(=O)CCCCCC(=O)Nc1cccc([C@@H]2O[C@H](CN3CCN(c4ccc([N+](=O)[O-])cc4)CC3)C[C@H](c3ccc(CO)cc3)O2)c1. The number of carbonyl (C=O) groups excluding carboxylic acids is 2. The lowest BCUT2D eigenvalue weighted by molar-refractivity contribution is -0.384. The first-order chi connectivity index (χ1) is 26.2. The van der Waals surface area contributed by atoms with Gasteiger partial charge in [-0.25, -0.2) is 0 Å². The quantitative estimate of drug-likeness (QED) is 0.0453. The van der Waals surface area contributed by atoms with Gasteiger partial charge in [-0.15, -0.1) is 0 Å². The van der Waals surface area contributed by atoms with Crippen LogP contribution in [0.25, 0.3) is 0 Å². The summed E-state index contributed by atoms with van der Waals surface area (Å²) in [4.78, 5) is 40.5. The third-order valence-electron chi connectivity index (χ3n) is 9.86. The number of anilines is 4. The lowest BCUT2D eigenvalue weighted by Crippen LogP contribution is -2.49. The van der Waals surface area contributed by atoms with Gasteiger partial charge in [0.2, 0.25) is 11.8 Å². The van der Waals surface area contributed by atoms with E-state index in [9.17, 15) is 24.8 Å². The fourth-order valence-corrected chi connectivity index (χ4v) is 6.85. The van der Waals surface area contributed by atoms with Gasteiger partial charge in [0.1, 0.15) is 0 Å². The number of unbranched alkanes of at least 4 members (excludes halogenated alkanes) is 2. The van der Waals surface area contributed by atoms with E-state index in [4.69, 9.17) is 15.2 Å². The molecule has 4 aromatic rings. The van der Waals surface area contributed by atoms with Crippen LogP contribution in [0, 0.1) is 10.1 Å². The molecule has 0 spiro atoms. The van der Waals surface area contributed by atoms with Crippen molar-refractivity contribution in [3.05, 3.63) is 124 Å². The van der Waals surface area contributed by atoms with Crippen LogP contribution < -0.4 is 21.3 Å². The number of nitrogen functional groups attached to an aromatic ring is 1. The molecule has 4 aromatic carbocycles. The molecule has 2 heterocycles. The van der Waals surface area contributed by atoms with Crippen LogP contribution in [0.5, 0.6) is 0 Å². The second-order valence-electron chi connectivity index (χ2n) is 13.8. The van der Waals surface area contributed by atoms with E-state index in [1.165, 1.54) is 0 Å². The molecule has 2 aliphatic rings. The summed E-state index contributed by atoms with van der Waals surface area (Å²) >= 11 is 0. The first-order valence-electron chi connectivity index (χ1n) is 18.5. The van der Waals surface area contributed by atoms with Gasteiger partial charge < -0.3 is 35.8 Å². The first kappa shape index (κ1) is 38.4. The highest BCUT2D eigenvalue weighted by Gasteiger charge is 2.34. The summed E-state index contributed by atoms with van der Waals surface area (Å²) < 4.78 is 13.2. The highest BCUT2D eigenvalue weighted by atomic mass is 16.7. The van der Waals surface area contributed by atoms with E-state index in [1.807, 2.05) is 60.7 Å². The Balaban J connectivity index is 1.02. The summed E-state index contributed by atoms with van der Waals surface area (Å²) in [5, 5.41) is 26.5. The van der Waals surface area contributed by atoms with Crippen LogP contribution in [0.15, 0.2) is 97.1 Å². The summed E-state index contributed by atoms with van der Waals surface area (Å²) in [6.45, 7) is 3.88. The zero-order chi connectivity index (χ0) is 37.9. The third-order valence-corrected chi connectivity index (χ3v) is 9.86. The molecule has 2 aliphatic heterocycles. The molecule has 0 aliphatic carbocycles. The minimum absolute atomic E-state index is 0.0353. The van der Waals surface area contributed by atoms with Crippen molar-refractivity contribution in [2.45, 2.75) is 63.6 Å². The summed E-state index contributed by atoms with van der Waals surface area (Å²) in [6.07, 6.45) is 2.35. The molecule has 0 radical (unpaired) electrons. The Kier molecular flexibility index (Phi) is 13.2. The monoisotopic (exact) mass is 736 g/mol. The molecule has 6 rings (SSSR count). The summed E-state index contributed by atoms with van der Waals surface area (Å²) in [7, 11) is 0. The number of carbonyl (C=O) groups is 2. The van der Waals surface area contributed by atoms with Gasteiger partial charge in [0.15, 0.2) is 6.29 Å². The Labute approximate surface area is 315 Å². The maximum atomic E-state index is 12.9. The lowest BCUT2D eigenvalue weighted by Gasteiger charge is -2.41. The molecule has 0 unspecified atom stereocenters. The lowest BCUT2D eigenvalue weighted by atomic mass is 9.99. The standard InChI is InChI=1S/C41H48N6O7/c42-36-9-4-5-10-37(36)44-40(50)12-3-1-2-11-39(49)43-32-8-6-7-31(25-32)41-53-35(26-38(54-41)30-15-13-29(28-48)14-16-30)27-45-21-23-46(24-22-45)33-17-19-34(20-18-33)47(51)52/h4-10,13-20,25,35,38,41,48H,1-3,11-12,21-24,26-28,42H2,(H,43,49)(H,44,50)/t35-,38+,41+/m0/s1. The number of nitrogens with two attached hydrogens (primary N) is 1. The number of rotatable bonds is 15. The summed E-state index contributed by atoms with van der Waals surface area (Å²) in [5.74, 6) is -0.207. The average molecular weight is 737 g/mol. The van der Waals surface area contributed by atoms with E-state index in [-0.39, 0.29) is 41.2 Å². The molecule has 13 nitrogen and oxygen atoms in total. The number of ether oxygens (including phenoxy) is 2. The molecule has 54 heavy (non-hydrogen) atoms. The number of nitro benzene ring substituents is 1. The van der Waals surface area contributed by atoms with E-state index in [0.717, 1.165) is 55.0 Å². The molecule has 2 fully saturated rings. The molecule has 284 valence electrons.